The van der Waals surface area contributed by atoms with Crippen LogP contribution in [0.15, 0.2) is 22.7 Å². The molecule has 1 heterocycles. The molecule has 1 aromatic carbocycles. The summed E-state index contributed by atoms with van der Waals surface area (Å²) >= 11 is 9.56. The van der Waals surface area contributed by atoms with Crippen molar-refractivity contribution in [2.45, 2.75) is 31.4 Å². The van der Waals surface area contributed by atoms with E-state index in [2.05, 4.69) is 39.9 Å². The highest BCUT2D eigenvalue weighted by Gasteiger charge is 2.34. The summed E-state index contributed by atoms with van der Waals surface area (Å²) in [5.41, 5.74) is 7.15. The first-order valence-electron chi connectivity index (χ1n) is 6.93. The lowest BCUT2D eigenvalue weighted by atomic mass is 9.92. The molecule has 5 heteroatoms. The van der Waals surface area contributed by atoms with Gasteiger partial charge in [-0.3, -0.25) is 4.90 Å². The van der Waals surface area contributed by atoms with Gasteiger partial charge in [-0.25, -0.2) is 0 Å². The quantitative estimate of drug-likeness (QED) is 0.890. The van der Waals surface area contributed by atoms with Gasteiger partial charge in [0.05, 0.1) is 10.6 Å². The lowest BCUT2D eigenvalue weighted by molar-refractivity contribution is -0.0608. The van der Waals surface area contributed by atoms with Gasteiger partial charge in [0, 0.05) is 30.7 Å². The predicted octanol–water partition coefficient (Wildman–Crippen LogP) is 3.60. The van der Waals surface area contributed by atoms with E-state index in [9.17, 15) is 0 Å². The summed E-state index contributed by atoms with van der Waals surface area (Å²) in [5, 5.41) is 0.727. The highest BCUT2D eigenvalue weighted by Crippen LogP contribution is 2.32. The number of likely N-dealkylation sites (tertiary alicyclic amines) is 1. The molecule has 1 aliphatic heterocycles. The zero-order chi connectivity index (χ0) is 14.8. The normalized spacial score (nSPS) is 25.6. The second-order valence-electron chi connectivity index (χ2n) is 5.65. The number of hydrogen-bond acceptors (Lipinski definition) is 3. The summed E-state index contributed by atoms with van der Waals surface area (Å²) in [6.45, 7) is 4.73. The van der Waals surface area contributed by atoms with Crippen LogP contribution >= 0.6 is 27.5 Å². The lowest BCUT2D eigenvalue weighted by Crippen LogP contribution is -2.49. The summed E-state index contributed by atoms with van der Waals surface area (Å²) in [7, 11) is 1.79. The number of hydrogen-bond donors (Lipinski definition) is 1. The maximum atomic E-state index is 6.07. The van der Waals surface area contributed by atoms with Crippen molar-refractivity contribution in [2.75, 3.05) is 26.7 Å². The van der Waals surface area contributed by atoms with E-state index in [0.717, 1.165) is 35.4 Å². The van der Waals surface area contributed by atoms with Gasteiger partial charge in [-0.1, -0.05) is 17.7 Å². The van der Waals surface area contributed by atoms with Gasteiger partial charge in [-0.15, -0.1) is 0 Å². The minimum Gasteiger partial charge on any atom is -0.377 e. The highest BCUT2D eigenvalue weighted by atomic mass is 79.9. The van der Waals surface area contributed by atoms with E-state index in [1.54, 1.807) is 7.11 Å². The van der Waals surface area contributed by atoms with E-state index in [4.69, 9.17) is 22.1 Å². The standard InChI is InChI=1S/C15H22BrClN2O/c1-15(20-2)6-3-7-19(10-15)14(9-18)11-4-5-13(17)12(16)8-11/h4-5,8,14H,3,6-7,9-10,18H2,1-2H3. The van der Waals surface area contributed by atoms with Crippen LogP contribution in [0.4, 0.5) is 0 Å². The van der Waals surface area contributed by atoms with Crippen LogP contribution in [0.2, 0.25) is 5.02 Å². The van der Waals surface area contributed by atoms with Crippen molar-refractivity contribution in [1.29, 1.82) is 0 Å². The number of halogens is 2. The molecule has 0 saturated carbocycles. The van der Waals surface area contributed by atoms with Crippen LogP contribution in [0.25, 0.3) is 0 Å². The minimum absolute atomic E-state index is 0.0741. The van der Waals surface area contributed by atoms with Gasteiger partial charge in [0.1, 0.15) is 0 Å². The van der Waals surface area contributed by atoms with Gasteiger partial charge in [-0.2, -0.15) is 0 Å². The molecular weight excluding hydrogens is 340 g/mol. The van der Waals surface area contributed by atoms with Crippen LogP contribution in [-0.4, -0.2) is 37.2 Å². The number of benzene rings is 1. The van der Waals surface area contributed by atoms with Crippen molar-refractivity contribution in [2.24, 2.45) is 5.73 Å². The van der Waals surface area contributed by atoms with Gasteiger partial charge in [0.2, 0.25) is 0 Å². The maximum absolute atomic E-state index is 6.07. The summed E-state index contributed by atoms with van der Waals surface area (Å²) < 4.78 is 6.59. The number of ether oxygens (including phenoxy) is 1. The topological polar surface area (TPSA) is 38.5 Å². The molecule has 2 rings (SSSR count). The fraction of sp³-hybridized carbons (Fsp3) is 0.600. The Morgan fingerprint density at radius 2 is 2.30 bits per heavy atom. The number of rotatable bonds is 4. The van der Waals surface area contributed by atoms with Gasteiger partial charge >= 0.3 is 0 Å². The van der Waals surface area contributed by atoms with E-state index < -0.39 is 0 Å². The smallest absolute Gasteiger partial charge is 0.0777 e. The van der Waals surface area contributed by atoms with E-state index in [-0.39, 0.29) is 11.6 Å². The molecular formula is C15H22BrClN2O. The SMILES string of the molecule is COC1(C)CCCN(C(CN)c2ccc(Cl)c(Br)c2)C1. The fourth-order valence-corrected chi connectivity index (χ4v) is 3.41. The minimum atomic E-state index is -0.0741. The van der Waals surface area contributed by atoms with Crippen LogP contribution < -0.4 is 5.73 Å². The molecule has 0 amide bonds. The number of piperidine rings is 1. The van der Waals surface area contributed by atoms with Crippen LogP contribution in [0, 0.1) is 0 Å². The van der Waals surface area contributed by atoms with Gasteiger partial charge < -0.3 is 10.5 Å². The van der Waals surface area contributed by atoms with E-state index >= 15 is 0 Å². The molecule has 1 aliphatic rings. The van der Waals surface area contributed by atoms with Crippen molar-refractivity contribution in [3.8, 4) is 0 Å². The molecule has 3 nitrogen and oxygen atoms in total. The van der Waals surface area contributed by atoms with Crippen molar-refractivity contribution in [3.05, 3.63) is 33.3 Å². The Labute approximate surface area is 134 Å². The molecule has 20 heavy (non-hydrogen) atoms. The molecule has 1 fully saturated rings. The zero-order valence-electron chi connectivity index (χ0n) is 12.0. The summed E-state index contributed by atoms with van der Waals surface area (Å²) in [6.07, 6.45) is 2.23. The molecule has 0 bridgehead atoms. The molecule has 2 atom stereocenters. The van der Waals surface area contributed by atoms with Gasteiger partial charge in [0.15, 0.2) is 0 Å². The first-order valence-corrected chi connectivity index (χ1v) is 8.10. The van der Waals surface area contributed by atoms with Crippen LogP contribution in [0.1, 0.15) is 31.4 Å². The van der Waals surface area contributed by atoms with Crippen molar-refractivity contribution in [1.82, 2.24) is 4.90 Å². The molecule has 0 aromatic heterocycles. The third-order valence-electron chi connectivity index (χ3n) is 4.17. The van der Waals surface area contributed by atoms with Crippen LogP contribution in [0.5, 0.6) is 0 Å². The van der Waals surface area contributed by atoms with Gasteiger partial charge in [0.25, 0.3) is 0 Å². The van der Waals surface area contributed by atoms with Crippen molar-refractivity contribution >= 4 is 27.5 Å². The Balaban J connectivity index is 2.21. The lowest BCUT2D eigenvalue weighted by Gasteiger charge is -2.43. The largest absolute Gasteiger partial charge is 0.377 e. The fourth-order valence-electron chi connectivity index (χ4n) is 2.89. The van der Waals surface area contributed by atoms with E-state index in [0.29, 0.717) is 6.54 Å². The van der Waals surface area contributed by atoms with E-state index in [1.165, 1.54) is 5.56 Å². The summed E-state index contributed by atoms with van der Waals surface area (Å²) in [6, 6.07) is 6.25. The molecule has 0 spiro atoms. The number of nitrogens with two attached hydrogens (primary N) is 1. The Morgan fingerprint density at radius 3 is 2.90 bits per heavy atom. The molecule has 2 unspecified atom stereocenters. The predicted molar refractivity (Wildman–Crippen MR) is 87.2 cm³/mol. The average Bonchev–Trinajstić information content (AvgIpc) is 2.44. The van der Waals surface area contributed by atoms with Crippen LogP contribution in [-0.2, 0) is 4.74 Å². The summed E-state index contributed by atoms with van der Waals surface area (Å²) in [4.78, 5) is 2.42. The zero-order valence-corrected chi connectivity index (χ0v) is 14.4. The molecule has 0 aliphatic carbocycles. The monoisotopic (exact) mass is 360 g/mol. The second-order valence-corrected chi connectivity index (χ2v) is 6.91. The Kier molecular flexibility index (Phi) is 5.49. The van der Waals surface area contributed by atoms with Gasteiger partial charge in [-0.05, 0) is 59.9 Å². The summed E-state index contributed by atoms with van der Waals surface area (Å²) in [5.74, 6) is 0. The third-order valence-corrected chi connectivity index (χ3v) is 5.39. The van der Waals surface area contributed by atoms with Crippen molar-refractivity contribution < 1.29 is 4.74 Å². The molecule has 1 saturated heterocycles. The van der Waals surface area contributed by atoms with E-state index in [1.807, 2.05) is 6.07 Å². The Morgan fingerprint density at radius 1 is 1.55 bits per heavy atom. The average molecular weight is 362 g/mol. The first-order chi connectivity index (χ1) is 9.49. The number of nitrogens with zero attached hydrogens (tertiary/aromatic N) is 1. The van der Waals surface area contributed by atoms with Crippen LogP contribution in [0.3, 0.4) is 0 Å². The number of methoxy groups -OCH3 is 1. The molecule has 1 aromatic rings. The van der Waals surface area contributed by atoms with Crippen molar-refractivity contribution in [3.63, 3.8) is 0 Å². The Hall–Kier alpha value is -0.130. The highest BCUT2D eigenvalue weighted by molar-refractivity contribution is 9.10. The first kappa shape index (κ1) is 16.2. The maximum Gasteiger partial charge on any atom is 0.0777 e. The Bertz CT molecular complexity index is 471. The molecule has 0 radical (unpaired) electrons. The molecule has 112 valence electrons. The second kappa shape index (κ2) is 6.75. The molecule has 2 N–H and O–H groups in total. The third kappa shape index (κ3) is 3.55.